The summed E-state index contributed by atoms with van der Waals surface area (Å²) in [4.78, 5) is 0. The van der Waals surface area contributed by atoms with Gasteiger partial charge in [0.2, 0.25) is 6.29 Å². The lowest BCUT2D eigenvalue weighted by molar-refractivity contribution is -0.0132. The average molecular weight is 348 g/mol. The Morgan fingerprint density at radius 2 is 1.29 bits per heavy atom. The molecule has 1 unspecified atom stereocenters. The van der Waals surface area contributed by atoms with Gasteiger partial charge in [-0.2, -0.15) is 0 Å². The molecule has 0 amide bonds. The maximum Gasteiger partial charge on any atom is 0.276 e. The first kappa shape index (κ1) is 26.2. The zero-order valence-electron chi connectivity index (χ0n) is 12.8. The van der Waals surface area contributed by atoms with Crippen LogP contribution in [0.25, 0.3) is 0 Å². The summed E-state index contributed by atoms with van der Waals surface area (Å²) in [5, 5.41) is 25.5. The Hall–Kier alpha value is -2.72. The summed E-state index contributed by atoms with van der Waals surface area (Å²) >= 11 is 0. The molecule has 138 valence electrons. The van der Waals surface area contributed by atoms with Crippen LogP contribution in [0.5, 0.6) is 0 Å². The monoisotopic (exact) mass is 348 g/mol. The van der Waals surface area contributed by atoms with Gasteiger partial charge in [0.1, 0.15) is 13.2 Å². The van der Waals surface area contributed by atoms with Crippen LogP contribution >= 0.6 is 0 Å². The number of hydrogen-bond acceptors (Lipinski definition) is 6. The van der Waals surface area contributed by atoms with Crippen molar-refractivity contribution in [2.45, 2.75) is 6.29 Å². The Morgan fingerprint density at radius 1 is 0.792 bits per heavy atom. The highest BCUT2D eigenvalue weighted by Crippen LogP contribution is 1.98. The molecule has 24 heavy (non-hydrogen) atoms. The normalized spacial score (nSPS) is 18.5. The quantitative estimate of drug-likeness (QED) is 0.547. The minimum absolute atomic E-state index is 0. The molecule has 0 aromatic carbocycles. The zero-order chi connectivity index (χ0) is 15.3. The van der Waals surface area contributed by atoms with E-state index in [0.717, 1.165) is 0 Å². The summed E-state index contributed by atoms with van der Waals surface area (Å²) in [5.41, 5.74) is 0. The van der Waals surface area contributed by atoms with Crippen LogP contribution in [0.3, 0.4) is 0 Å². The third-order valence-electron chi connectivity index (χ3n) is 2.09. The molecule has 0 spiro atoms. The van der Waals surface area contributed by atoms with E-state index in [0.29, 0.717) is 13.2 Å². The molecule has 0 saturated heterocycles. The summed E-state index contributed by atoms with van der Waals surface area (Å²) in [6, 6.07) is 0. The molecule has 9 nitrogen and oxygen atoms in total. The molecule has 3 rings (SSSR count). The molecule has 0 aromatic heterocycles. The second kappa shape index (κ2) is 16.6. The van der Waals surface area contributed by atoms with Gasteiger partial charge in [-0.3, -0.25) is 0 Å². The lowest BCUT2D eigenvalue weighted by atomic mass is 10.4. The Bertz CT molecular complexity index is 445. The van der Waals surface area contributed by atoms with E-state index >= 15 is 0 Å². The topological polar surface area (TPSA) is 183 Å². The average Bonchev–Trinajstić information content (AvgIpc) is 2.51. The molecule has 0 aromatic rings. The molecule has 0 radical (unpaired) electrons. The zero-order valence-corrected chi connectivity index (χ0v) is 12.8. The van der Waals surface area contributed by atoms with Crippen LogP contribution in [0, 0.1) is 0 Å². The molecule has 3 aliphatic rings. The molecule has 0 saturated carbocycles. The van der Waals surface area contributed by atoms with E-state index in [1.165, 1.54) is 18.4 Å². The van der Waals surface area contributed by atoms with E-state index in [4.69, 9.17) is 15.3 Å². The maximum absolute atomic E-state index is 8.55. The van der Waals surface area contributed by atoms with Gasteiger partial charge in [0.25, 0.3) is 11.9 Å². The van der Waals surface area contributed by atoms with Gasteiger partial charge in [0.15, 0.2) is 0 Å². The fourth-order valence-electron chi connectivity index (χ4n) is 1.15. The first-order valence-corrected chi connectivity index (χ1v) is 6.22. The number of hydrogen-bond donors (Lipinski definition) is 3. The van der Waals surface area contributed by atoms with Crippen molar-refractivity contribution in [2.75, 3.05) is 13.2 Å². The van der Waals surface area contributed by atoms with Gasteiger partial charge >= 0.3 is 0 Å². The second-order valence-electron chi connectivity index (χ2n) is 3.73. The summed E-state index contributed by atoms with van der Waals surface area (Å²) in [6.45, 7) is 0.977. The molecule has 0 aliphatic carbocycles. The van der Waals surface area contributed by atoms with Crippen LogP contribution in [0.4, 0.5) is 0 Å². The Morgan fingerprint density at radius 3 is 1.46 bits per heavy atom. The Kier molecular flexibility index (Phi) is 18.2. The Balaban J connectivity index is -0.000000259. The summed E-state index contributed by atoms with van der Waals surface area (Å²) in [7, 11) is 0. The summed E-state index contributed by atoms with van der Waals surface area (Å²) in [5.74, 6) is 0.00463. The van der Waals surface area contributed by atoms with Crippen molar-refractivity contribution < 1.29 is 46.0 Å². The fourth-order valence-corrected chi connectivity index (χ4v) is 1.15. The smallest absolute Gasteiger partial charge is 0.276 e. The molecule has 9 heteroatoms. The van der Waals surface area contributed by atoms with E-state index in [1.807, 2.05) is 12.2 Å². The highest BCUT2D eigenvalue weighted by molar-refractivity contribution is 5.07. The van der Waals surface area contributed by atoms with Crippen LogP contribution in [0.15, 0.2) is 72.8 Å². The standard InChI is InChI=1S/3C5H6O2.3H2O/c3*6-5-3-1-2-4-7-5;;;/h2*1-3,6H,4H2;1-6H;3*1H2. The number of rotatable bonds is 0. The van der Waals surface area contributed by atoms with E-state index < -0.39 is 6.29 Å². The molecule has 0 fully saturated rings. The third-order valence-corrected chi connectivity index (χ3v) is 2.09. The Labute approximate surface area is 139 Å². The van der Waals surface area contributed by atoms with E-state index in [2.05, 4.69) is 14.2 Å². The van der Waals surface area contributed by atoms with Crippen molar-refractivity contribution in [1.29, 1.82) is 0 Å². The van der Waals surface area contributed by atoms with Gasteiger partial charge in [-0.25, -0.2) is 0 Å². The van der Waals surface area contributed by atoms with Crippen molar-refractivity contribution in [1.82, 2.24) is 0 Å². The molecular formula is C15H24O9. The van der Waals surface area contributed by atoms with Crippen molar-refractivity contribution >= 4 is 0 Å². The number of aliphatic hydroxyl groups is 3. The summed E-state index contributed by atoms with van der Waals surface area (Å²) in [6.07, 6.45) is 15.9. The van der Waals surface area contributed by atoms with Crippen LogP contribution in [-0.2, 0) is 14.2 Å². The maximum atomic E-state index is 8.55. The van der Waals surface area contributed by atoms with Crippen LogP contribution < -0.4 is 0 Å². The predicted molar refractivity (Wildman–Crippen MR) is 87.8 cm³/mol. The van der Waals surface area contributed by atoms with E-state index in [-0.39, 0.29) is 28.3 Å². The first-order chi connectivity index (χ1) is 10.2. The fraction of sp³-hybridized carbons (Fsp3) is 0.200. The summed E-state index contributed by atoms with van der Waals surface area (Å²) < 4.78 is 13.8. The van der Waals surface area contributed by atoms with Crippen molar-refractivity contribution in [2.24, 2.45) is 0 Å². The van der Waals surface area contributed by atoms with E-state index in [1.54, 1.807) is 30.4 Å². The largest absolute Gasteiger partial charge is 0.481 e. The van der Waals surface area contributed by atoms with Gasteiger partial charge < -0.3 is 46.0 Å². The van der Waals surface area contributed by atoms with Crippen molar-refractivity contribution in [3.8, 4) is 0 Å². The van der Waals surface area contributed by atoms with Gasteiger partial charge in [-0.1, -0.05) is 18.2 Å². The number of allylic oxidation sites excluding steroid dienone is 6. The van der Waals surface area contributed by atoms with Crippen molar-refractivity contribution in [3.05, 3.63) is 72.8 Å². The third kappa shape index (κ3) is 14.2. The van der Waals surface area contributed by atoms with Crippen LogP contribution in [0.2, 0.25) is 0 Å². The van der Waals surface area contributed by atoms with Gasteiger partial charge in [-0.15, -0.1) is 0 Å². The number of aliphatic hydroxyl groups excluding tert-OH is 3. The molecule has 0 bridgehead atoms. The van der Waals surface area contributed by atoms with Gasteiger partial charge in [0.05, 0.1) is 6.26 Å². The molecule has 3 aliphatic heterocycles. The highest BCUT2D eigenvalue weighted by Gasteiger charge is 1.94. The highest BCUT2D eigenvalue weighted by atomic mass is 16.6. The molecule has 9 N–H and O–H groups in total. The minimum atomic E-state index is -0.731. The minimum Gasteiger partial charge on any atom is -0.481 e. The van der Waals surface area contributed by atoms with Crippen LogP contribution in [-0.4, -0.2) is 51.3 Å². The van der Waals surface area contributed by atoms with E-state index in [9.17, 15) is 0 Å². The van der Waals surface area contributed by atoms with Crippen molar-refractivity contribution in [3.63, 3.8) is 0 Å². The lowest BCUT2D eigenvalue weighted by Gasteiger charge is -2.05. The van der Waals surface area contributed by atoms with Gasteiger partial charge in [0, 0.05) is 12.2 Å². The van der Waals surface area contributed by atoms with Crippen LogP contribution in [0.1, 0.15) is 0 Å². The lowest BCUT2D eigenvalue weighted by Crippen LogP contribution is -2.04. The molecule has 1 atom stereocenters. The predicted octanol–water partition coefficient (Wildman–Crippen LogP) is -0.125. The SMILES string of the molecule is O.O.O.OC1=CC=CCO1.OC1=CC=CCO1.OC1C=CC=CO1. The van der Waals surface area contributed by atoms with Gasteiger partial charge in [-0.05, 0) is 24.3 Å². The molecule has 3 heterocycles. The number of ether oxygens (including phenoxy) is 3. The first-order valence-electron chi connectivity index (χ1n) is 6.22. The molecular weight excluding hydrogens is 324 g/mol. The second-order valence-corrected chi connectivity index (χ2v) is 3.73.